The molecule has 1 fully saturated rings. The van der Waals surface area contributed by atoms with Crippen LogP contribution in [0.25, 0.3) is 10.9 Å². The van der Waals surface area contributed by atoms with E-state index >= 15 is 0 Å². The van der Waals surface area contributed by atoms with Crippen molar-refractivity contribution in [2.45, 2.75) is 38.8 Å². The van der Waals surface area contributed by atoms with Crippen LogP contribution in [0.5, 0.6) is 5.75 Å². The molecular weight excluding hydrogens is 435 g/mol. The minimum absolute atomic E-state index is 0.172. The molecule has 1 aromatic heterocycles. The van der Waals surface area contributed by atoms with Gasteiger partial charge in [-0.2, -0.15) is 0 Å². The zero-order valence-electron chi connectivity index (χ0n) is 16.5. The number of hydrogen-bond donors (Lipinski definition) is 1. The zero-order chi connectivity index (χ0) is 20.4. The van der Waals surface area contributed by atoms with Gasteiger partial charge < -0.3 is 15.0 Å². The largest absolute Gasteiger partial charge is 0.488 e. The van der Waals surface area contributed by atoms with Crippen LogP contribution in [0.3, 0.4) is 0 Å². The lowest BCUT2D eigenvalue weighted by Gasteiger charge is -2.34. The van der Waals surface area contributed by atoms with E-state index in [4.69, 9.17) is 4.74 Å². The Morgan fingerprint density at radius 2 is 1.90 bits per heavy atom. The minimum Gasteiger partial charge on any atom is -0.488 e. The van der Waals surface area contributed by atoms with Crippen LogP contribution in [-0.4, -0.2) is 40.1 Å². The Morgan fingerprint density at radius 1 is 1.17 bits per heavy atom. The number of nitrogens with zero attached hydrogens (tertiary/aromatic N) is 3. The van der Waals surface area contributed by atoms with Crippen molar-refractivity contribution in [1.82, 2.24) is 14.9 Å². The van der Waals surface area contributed by atoms with E-state index in [1.165, 1.54) is 12.1 Å². The van der Waals surface area contributed by atoms with Crippen LogP contribution in [0.2, 0.25) is 0 Å². The first kappa shape index (κ1) is 20.0. The summed E-state index contributed by atoms with van der Waals surface area (Å²) >= 11 is 3.56. The molecule has 0 unspecified atom stereocenters. The van der Waals surface area contributed by atoms with Gasteiger partial charge in [0.25, 0.3) is 0 Å². The molecule has 4 rings (SSSR count). The molecule has 1 aliphatic rings. The lowest BCUT2D eigenvalue weighted by Crippen LogP contribution is -2.41. The molecule has 0 amide bonds. The Hall–Kier alpha value is -2.25. The maximum atomic E-state index is 13.1. The fourth-order valence-electron chi connectivity index (χ4n) is 3.58. The van der Waals surface area contributed by atoms with Crippen LogP contribution < -0.4 is 10.1 Å². The van der Waals surface area contributed by atoms with Gasteiger partial charge in [-0.05, 0) is 63.1 Å². The average Bonchev–Trinajstić information content (AvgIpc) is 2.70. The second-order valence-corrected chi connectivity index (χ2v) is 8.53. The monoisotopic (exact) mass is 458 g/mol. The highest BCUT2D eigenvalue weighted by Gasteiger charge is 2.23. The Labute approximate surface area is 178 Å². The summed E-state index contributed by atoms with van der Waals surface area (Å²) in [5.41, 5.74) is 1.49. The number of ether oxygens (including phenoxy) is 1. The SMILES string of the molecule is CC(C)N1CCC(Oc2cc(Br)cc3cnc(Nc4ccc(F)cc4)nc23)CC1. The van der Waals surface area contributed by atoms with E-state index in [9.17, 15) is 4.39 Å². The van der Waals surface area contributed by atoms with Gasteiger partial charge in [-0.3, -0.25) is 0 Å². The molecule has 152 valence electrons. The van der Waals surface area contributed by atoms with Gasteiger partial charge in [0.1, 0.15) is 23.2 Å². The number of benzene rings is 2. The minimum atomic E-state index is -0.279. The second-order valence-electron chi connectivity index (χ2n) is 7.61. The van der Waals surface area contributed by atoms with Gasteiger partial charge in [0.05, 0.1) is 0 Å². The normalized spacial score (nSPS) is 15.8. The number of hydrogen-bond acceptors (Lipinski definition) is 5. The molecule has 0 aliphatic carbocycles. The van der Waals surface area contributed by atoms with E-state index in [1.54, 1.807) is 18.3 Å². The molecule has 2 heterocycles. The molecule has 0 spiro atoms. The van der Waals surface area contributed by atoms with Gasteiger partial charge in [0.15, 0.2) is 0 Å². The molecule has 0 radical (unpaired) electrons. The quantitative estimate of drug-likeness (QED) is 0.544. The molecule has 3 aromatic rings. The average molecular weight is 459 g/mol. The molecule has 5 nitrogen and oxygen atoms in total. The van der Waals surface area contributed by atoms with Gasteiger partial charge in [-0.1, -0.05) is 15.9 Å². The van der Waals surface area contributed by atoms with Crippen LogP contribution in [0.15, 0.2) is 47.1 Å². The number of nitrogens with one attached hydrogen (secondary N) is 1. The molecule has 0 saturated carbocycles. The molecular formula is C22H24BrFN4O. The maximum Gasteiger partial charge on any atom is 0.227 e. The molecule has 2 aromatic carbocycles. The van der Waals surface area contributed by atoms with Crippen LogP contribution >= 0.6 is 15.9 Å². The van der Waals surface area contributed by atoms with Crippen molar-refractivity contribution in [2.75, 3.05) is 18.4 Å². The number of rotatable bonds is 5. The van der Waals surface area contributed by atoms with Crippen LogP contribution in [-0.2, 0) is 0 Å². The molecule has 1 N–H and O–H groups in total. The first-order chi connectivity index (χ1) is 14.0. The van der Waals surface area contributed by atoms with Crippen molar-refractivity contribution in [3.8, 4) is 5.75 Å². The number of likely N-dealkylation sites (tertiary alicyclic amines) is 1. The topological polar surface area (TPSA) is 50.3 Å². The van der Waals surface area contributed by atoms with Crippen molar-refractivity contribution in [2.24, 2.45) is 0 Å². The van der Waals surface area contributed by atoms with Gasteiger partial charge in [0.2, 0.25) is 5.95 Å². The highest BCUT2D eigenvalue weighted by atomic mass is 79.9. The van der Waals surface area contributed by atoms with E-state index in [0.29, 0.717) is 12.0 Å². The van der Waals surface area contributed by atoms with Crippen LogP contribution in [0, 0.1) is 5.82 Å². The summed E-state index contributed by atoms with van der Waals surface area (Å²) < 4.78 is 20.4. The van der Waals surface area contributed by atoms with Crippen molar-refractivity contribution >= 4 is 38.5 Å². The van der Waals surface area contributed by atoms with Gasteiger partial charge >= 0.3 is 0 Å². The van der Waals surface area contributed by atoms with E-state index in [1.807, 2.05) is 12.1 Å². The summed E-state index contributed by atoms with van der Waals surface area (Å²) in [6.07, 6.45) is 3.94. The maximum absolute atomic E-state index is 13.1. The van der Waals surface area contributed by atoms with Crippen molar-refractivity contribution in [3.63, 3.8) is 0 Å². The smallest absolute Gasteiger partial charge is 0.227 e. The number of piperidine rings is 1. The first-order valence-electron chi connectivity index (χ1n) is 9.87. The van der Waals surface area contributed by atoms with E-state index in [0.717, 1.165) is 52.7 Å². The van der Waals surface area contributed by atoms with Gasteiger partial charge in [-0.25, -0.2) is 14.4 Å². The fourth-order valence-corrected chi connectivity index (χ4v) is 4.03. The van der Waals surface area contributed by atoms with E-state index in [2.05, 4.69) is 50.0 Å². The van der Waals surface area contributed by atoms with Crippen molar-refractivity contribution in [1.29, 1.82) is 0 Å². The lowest BCUT2D eigenvalue weighted by atomic mass is 10.1. The number of aromatic nitrogens is 2. The molecule has 0 atom stereocenters. The fraction of sp³-hybridized carbons (Fsp3) is 0.364. The summed E-state index contributed by atoms with van der Waals surface area (Å²) in [4.78, 5) is 11.5. The van der Waals surface area contributed by atoms with Crippen molar-refractivity contribution < 1.29 is 9.13 Å². The highest BCUT2D eigenvalue weighted by molar-refractivity contribution is 9.10. The Bertz CT molecular complexity index is 988. The third-order valence-corrected chi connectivity index (χ3v) is 5.67. The summed E-state index contributed by atoms with van der Waals surface area (Å²) in [6.45, 7) is 6.55. The third-order valence-electron chi connectivity index (χ3n) is 5.21. The molecule has 7 heteroatoms. The summed E-state index contributed by atoms with van der Waals surface area (Å²) in [6, 6.07) is 10.6. The number of anilines is 2. The first-order valence-corrected chi connectivity index (χ1v) is 10.7. The Balaban J connectivity index is 1.57. The zero-order valence-corrected chi connectivity index (χ0v) is 18.1. The summed E-state index contributed by atoms with van der Waals surface area (Å²) in [5.74, 6) is 0.923. The number of halogens is 2. The third kappa shape index (κ3) is 4.85. The summed E-state index contributed by atoms with van der Waals surface area (Å²) in [5, 5.41) is 4.03. The predicted molar refractivity (Wildman–Crippen MR) is 117 cm³/mol. The second kappa shape index (κ2) is 8.63. The molecule has 0 bridgehead atoms. The Kier molecular flexibility index (Phi) is 5.96. The Morgan fingerprint density at radius 3 is 2.59 bits per heavy atom. The van der Waals surface area contributed by atoms with Crippen LogP contribution in [0.4, 0.5) is 16.0 Å². The summed E-state index contributed by atoms with van der Waals surface area (Å²) in [7, 11) is 0. The van der Waals surface area contributed by atoms with E-state index < -0.39 is 0 Å². The standard InChI is InChI=1S/C22H24BrFN4O/c1-14(2)28-9-7-19(8-10-28)29-20-12-16(23)11-15-13-25-22(27-21(15)20)26-18-5-3-17(24)4-6-18/h3-6,11-14,19H,7-10H2,1-2H3,(H,25,26,27). The van der Waals surface area contributed by atoms with E-state index in [-0.39, 0.29) is 11.9 Å². The van der Waals surface area contributed by atoms with Crippen LogP contribution in [0.1, 0.15) is 26.7 Å². The highest BCUT2D eigenvalue weighted by Crippen LogP contribution is 2.32. The number of fused-ring (bicyclic) bond motifs is 1. The molecule has 1 aliphatic heterocycles. The molecule has 1 saturated heterocycles. The lowest BCUT2D eigenvalue weighted by molar-refractivity contribution is 0.0851. The van der Waals surface area contributed by atoms with Gasteiger partial charge in [0, 0.05) is 40.9 Å². The predicted octanol–water partition coefficient (Wildman–Crippen LogP) is 5.53. The van der Waals surface area contributed by atoms with Gasteiger partial charge in [-0.15, -0.1) is 0 Å². The van der Waals surface area contributed by atoms with Crippen molar-refractivity contribution in [3.05, 3.63) is 52.9 Å². The molecule has 29 heavy (non-hydrogen) atoms.